The Labute approximate surface area is 166 Å². The summed E-state index contributed by atoms with van der Waals surface area (Å²) in [4.78, 5) is 15.3. The van der Waals surface area contributed by atoms with E-state index >= 15 is 0 Å². The van der Waals surface area contributed by atoms with Gasteiger partial charge >= 0.3 is 6.18 Å². The second-order valence-corrected chi connectivity index (χ2v) is 7.73. The van der Waals surface area contributed by atoms with Crippen LogP contribution in [0.2, 0.25) is 0 Å². The van der Waals surface area contributed by atoms with E-state index < -0.39 is 23.5 Å². The van der Waals surface area contributed by atoms with Crippen molar-refractivity contribution >= 4 is 5.78 Å². The summed E-state index contributed by atoms with van der Waals surface area (Å²) in [6.45, 7) is 1.73. The molecule has 0 saturated carbocycles. The Hall–Kier alpha value is -2.25. The van der Waals surface area contributed by atoms with E-state index in [-0.39, 0.29) is 23.4 Å². The van der Waals surface area contributed by atoms with Gasteiger partial charge in [-0.2, -0.15) is 13.2 Å². The van der Waals surface area contributed by atoms with Crippen LogP contribution in [0.15, 0.2) is 48.5 Å². The molecule has 4 rings (SSSR count). The number of alkyl halides is 3. The Morgan fingerprint density at radius 1 is 1.03 bits per heavy atom. The van der Waals surface area contributed by atoms with Crippen molar-refractivity contribution < 1.29 is 27.1 Å². The minimum atomic E-state index is -4.83. The van der Waals surface area contributed by atoms with E-state index in [0.717, 1.165) is 18.7 Å². The molecule has 2 atom stereocenters. The number of carbonyl (C=O) groups excluding carboxylic acids is 1. The predicted molar refractivity (Wildman–Crippen MR) is 98.8 cm³/mol. The van der Waals surface area contributed by atoms with Crippen LogP contribution in [0.25, 0.3) is 0 Å². The molecule has 2 saturated heterocycles. The van der Waals surface area contributed by atoms with Crippen LogP contribution >= 0.6 is 0 Å². The van der Waals surface area contributed by atoms with E-state index in [1.54, 1.807) is 0 Å². The largest absolute Gasteiger partial charge is 0.419 e. The van der Waals surface area contributed by atoms with Crippen molar-refractivity contribution in [1.29, 1.82) is 0 Å². The third-order valence-electron chi connectivity index (χ3n) is 5.81. The van der Waals surface area contributed by atoms with Crippen LogP contribution in [-0.4, -0.2) is 36.0 Å². The van der Waals surface area contributed by atoms with Crippen molar-refractivity contribution in [1.82, 2.24) is 4.90 Å². The van der Waals surface area contributed by atoms with Gasteiger partial charge in [0, 0.05) is 30.1 Å². The van der Waals surface area contributed by atoms with Crippen LogP contribution in [0.3, 0.4) is 0 Å². The molecule has 2 unspecified atom stereocenters. The van der Waals surface area contributed by atoms with Crippen LogP contribution in [0, 0.1) is 11.7 Å². The summed E-state index contributed by atoms with van der Waals surface area (Å²) in [5.74, 6) is -2.11. The molecule has 2 heterocycles. The van der Waals surface area contributed by atoms with Gasteiger partial charge in [0.1, 0.15) is 5.82 Å². The second-order valence-electron chi connectivity index (χ2n) is 7.73. The standard InChI is InChI=1S/C22H21F4NO2/c23-20-7-6-15(10-19(20)22(24,25)26)21(28)16-8-17-12-29-13-18(9-16)27(17)11-14-4-2-1-3-5-14/h1-7,10,16-18H,8-9,11-13H2. The van der Waals surface area contributed by atoms with Gasteiger partial charge in [-0.1, -0.05) is 30.3 Å². The van der Waals surface area contributed by atoms with Crippen molar-refractivity contribution in [3.8, 4) is 0 Å². The SMILES string of the molecule is O=C(c1ccc(F)c(C(F)(F)F)c1)C1CC2COCC(C1)N2Cc1ccccc1. The lowest BCUT2D eigenvalue weighted by Gasteiger charge is -2.48. The summed E-state index contributed by atoms with van der Waals surface area (Å²) in [5, 5.41) is 0. The number of morpholine rings is 1. The van der Waals surface area contributed by atoms with Gasteiger partial charge in [0.05, 0.1) is 18.8 Å². The van der Waals surface area contributed by atoms with Crippen molar-refractivity contribution in [2.24, 2.45) is 5.92 Å². The number of piperidine rings is 1. The fourth-order valence-corrected chi connectivity index (χ4v) is 4.39. The van der Waals surface area contributed by atoms with E-state index in [1.165, 1.54) is 5.56 Å². The average molecular weight is 407 g/mol. The molecule has 0 amide bonds. The first kappa shape index (κ1) is 20.0. The lowest BCUT2D eigenvalue weighted by Crippen LogP contribution is -2.57. The molecule has 0 N–H and O–H groups in total. The molecule has 2 aliphatic rings. The van der Waals surface area contributed by atoms with Gasteiger partial charge < -0.3 is 4.74 Å². The fourth-order valence-electron chi connectivity index (χ4n) is 4.39. The summed E-state index contributed by atoms with van der Waals surface area (Å²) >= 11 is 0. The second kappa shape index (κ2) is 7.88. The highest BCUT2D eigenvalue weighted by Gasteiger charge is 2.42. The van der Waals surface area contributed by atoms with Crippen molar-refractivity contribution in [3.63, 3.8) is 0 Å². The lowest BCUT2D eigenvalue weighted by molar-refractivity contribution is -0.140. The highest BCUT2D eigenvalue weighted by Crippen LogP contribution is 2.36. The average Bonchev–Trinajstić information content (AvgIpc) is 2.67. The number of halogens is 4. The van der Waals surface area contributed by atoms with Crippen LogP contribution in [0.5, 0.6) is 0 Å². The highest BCUT2D eigenvalue weighted by molar-refractivity contribution is 5.98. The first-order valence-electron chi connectivity index (χ1n) is 9.61. The molecule has 2 fully saturated rings. The quantitative estimate of drug-likeness (QED) is 0.543. The lowest BCUT2D eigenvalue weighted by atomic mass is 9.80. The predicted octanol–water partition coefficient (Wildman–Crippen LogP) is 4.71. The number of hydrogen-bond donors (Lipinski definition) is 0. The third-order valence-corrected chi connectivity index (χ3v) is 5.81. The number of hydrogen-bond acceptors (Lipinski definition) is 3. The van der Waals surface area contributed by atoms with E-state index in [1.807, 2.05) is 30.3 Å². The van der Waals surface area contributed by atoms with Crippen LogP contribution in [0.1, 0.15) is 34.3 Å². The zero-order valence-corrected chi connectivity index (χ0v) is 15.7. The van der Waals surface area contributed by atoms with Crippen LogP contribution in [0.4, 0.5) is 17.6 Å². The highest BCUT2D eigenvalue weighted by atomic mass is 19.4. The molecule has 2 bridgehead atoms. The molecule has 29 heavy (non-hydrogen) atoms. The van der Waals surface area contributed by atoms with E-state index in [4.69, 9.17) is 4.74 Å². The minimum Gasteiger partial charge on any atom is -0.378 e. The minimum absolute atomic E-state index is 0.0270. The monoisotopic (exact) mass is 407 g/mol. The van der Waals surface area contributed by atoms with Gasteiger partial charge in [-0.15, -0.1) is 0 Å². The number of ether oxygens (including phenoxy) is 1. The molecular weight excluding hydrogens is 386 g/mol. The third kappa shape index (κ3) is 4.21. The van der Waals surface area contributed by atoms with Gasteiger partial charge in [0.2, 0.25) is 0 Å². The number of Topliss-reactive ketones (excluding diaryl/α,β-unsaturated/α-hetero) is 1. The first-order chi connectivity index (χ1) is 13.8. The molecule has 0 aliphatic carbocycles. The molecule has 0 radical (unpaired) electrons. The smallest absolute Gasteiger partial charge is 0.378 e. The number of fused-ring (bicyclic) bond motifs is 2. The van der Waals surface area contributed by atoms with Gasteiger partial charge in [-0.05, 0) is 36.6 Å². The first-order valence-corrected chi connectivity index (χ1v) is 9.61. The van der Waals surface area contributed by atoms with E-state index in [9.17, 15) is 22.4 Å². The molecule has 2 aromatic rings. The van der Waals surface area contributed by atoms with Crippen molar-refractivity contribution in [3.05, 3.63) is 71.0 Å². The molecule has 2 aliphatic heterocycles. The molecule has 0 spiro atoms. The fraction of sp³-hybridized carbons (Fsp3) is 0.409. The van der Waals surface area contributed by atoms with E-state index in [2.05, 4.69) is 4.90 Å². The number of nitrogens with zero attached hydrogens (tertiary/aromatic N) is 1. The summed E-state index contributed by atoms with van der Waals surface area (Å²) in [7, 11) is 0. The number of carbonyl (C=O) groups is 1. The van der Waals surface area contributed by atoms with Gasteiger partial charge in [-0.25, -0.2) is 4.39 Å². The number of benzene rings is 2. The Morgan fingerprint density at radius 3 is 2.31 bits per heavy atom. The molecule has 3 nitrogen and oxygen atoms in total. The maximum atomic E-state index is 13.6. The molecular formula is C22H21F4NO2. The Kier molecular flexibility index (Phi) is 5.44. The van der Waals surface area contributed by atoms with Crippen molar-refractivity contribution in [2.45, 2.75) is 37.6 Å². The summed E-state index contributed by atoms with van der Waals surface area (Å²) in [6.07, 6.45) is -3.80. The van der Waals surface area contributed by atoms with Gasteiger partial charge in [-0.3, -0.25) is 9.69 Å². The van der Waals surface area contributed by atoms with Gasteiger partial charge in [0.15, 0.2) is 5.78 Å². The molecule has 2 aromatic carbocycles. The topological polar surface area (TPSA) is 29.5 Å². The maximum absolute atomic E-state index is 13.6. The van der Waals surface area contributed by atoms with E-state index in [0.29, 0.717) is 32.1 Å². The zero-order valence-electron chi connectivity index (χ0n) is 15.7. The molecule has 7 heteroatoms. The Balaban J connectivity index is 1.52. The zero-order chi connectivity index (χ0) is 20.6. The Bertz CT molecular complexity index is 870. The van der Waals surface area contributed by atoms with Crippen LogP contribution < -0.4 is 0 Å². The Morgan fingerprint density at radius 2 is 1.69 bits per heavy atom. The summed E-state index contributed by atoms with van der Waals surface area (Å²) in [5.41, 5.74) is -0.310. The molecule has 0 aromatic heterocycles. The summed E-state index contributed by atoms with van der Waals surface area (Å²) < 4.78 is 58.2. The number of rotatable bonds is 4. The normalized spacial score (nSPS) is 25.0. The van der Waals surface area contributed by atoms with Gasteiger partial charge in [0.25, 0.3) is 0 Å². The summed E-state index contributed by atoms with van der Waals surface area (Å²) in [6, 6.07) is 12.6. The maximum Gasteiger partial charge on any atom is 0.419 e. The number of ketones is 1. The van der Waals surface area contributed by atoms with Crippen molar-refractivity contribution in [2.75, 3.05) is 13.2 Å². The van der Waals surface area contributed by atoms with Crippen LogP contribution in [-0.2, 0) is 17.5 Å². The molecule has 154 valence electrons.